The van der Waals surface area contributed by atoms with Gasteiger partial charge in [-0.15, -0.1) is 22.7 Å². The topological polar surface area (TPSA) is 115 Å². The van der Waals surface area contributed by atoms with Gasteiger partial charge in [-0.2, -0.15) is 0 Å². The number of nitrogen functional groups attached to an aromatic ring is 1. The second-order valence-electron chi connectivity index (χ2n) is 5.36. The van der Waals surface area contributed by atoms with Crippen molar-refractivity contribution in [3.63, 3.8) is 0 Å². The Labute approximate surface area is 188 Å². The van der Waals surface area contributed by atoms with Gasteiger partial charge in [0.05, 0.1) is 23.8 Å². The molecular weight excluding hydrogens is 552 g/mol. The molecule has 0 aliphatic carbocycles. The fourth-order valence-electron chi connectivity index (χ4n) is 2.26. The van der Waals surface area contributed by atoms with Gasteiger partial charge in [0.1, 0.15) is 15.4 Å². The standard InChI is InChI=1S/C12H6BrClN2OS.C5H5BrN2OS/c13-9-5-8-10(18-9)12(17)16-11(15-8)6-3-1-2-4-7(6)14;6-3-1-2(7)4(10-3)5(8)9/h1-5H,(H,15,16,17);1H,7H2,(H2,8,9). The van der Waals surface area contributed by atoms with Gasteiger partial charge < -0.3 is 16.5 Å². The average molecular weight is 563 g/mol. The largest absolute Gasteiger partial charge is 0.397 e. The number of nitrogens with zero attached hydrogens (tertiary/aromatic N) is 1. The smallest absolute Gasteiger partial charge is 0.269 e. The predicted molar refractivity (Wildman–Crippen MR) is 123 cm³/mol. The molecule has 0 unspecified atom stereocenters. The van der Waals surface area contributed by atoms with Crippen LogP contribution < -0.4 is 17.0 Å². The number of fused-ring (bicyclic) bond motifs is 1. The summed E-state index contributed by atoms with van der Waals surface area (Å²) in [6, 6.07) is 10.8. The quantitative estimate of drug-likeness (QED) is 0.309. The van der Waals surface area contributed by atoms with Gasteiger partial charge in [0, 0.05) is 5.56 Å². The third kappa shape index (κ3) is 4.64. The zero-order valence-corrected chi connectivity index (χ0v) is 19.4. The van der Waals surface area contributed by atoms with E-state index in [0.29, 0.717) is 31.6 Å². The summed E-state index contributed by atoms with van der Waals surface area (Å²) in [5, 5.41) is 0.564. The number of hydrogen-bond acceptors (Lipinski definition) is 6. The van der Waals surface area contributed by atoms with Crippen molar-refractivity contribution in [3.8, 4) is 11.4 Å². The molecule has 5 N–H and O–H groups in total. The third-order valence-corrected chi connectivity index (χ3v) is 7.06. The molecular formula is C17H11Br2ClN4O2S2. The number of carbonyl (C=O) groups excluding carboxylic acids is 1. The van der Waals surface area contributed by atoms with Crippen LogP contribution >= 0.6 is 66.1 Å². The summed E-state index contributed by atoms with van der Waals surface area (Å²) in [4.78, 5) is 30.1. The van der Waals surface area contributed by atoms with Gasteiger partial charge in [0.25, 0.3) is 11.5 Å². The number of nitrogens with one attached hydrogen (secondary N) is 1. The number of H-pyrrole nitrogens is 1. The molecule has 3 aromatic heterocycles. The highest BCUT2D eigenvalue weighted by molar-refractivity contribution is 9.11. The van der Waals surface area contributed by atoms with Crippen LogP contribution in [0.5, 0.6) is 0 Å². The first-order valence-corrected chi connectivity index (χ1v) is 11.1. The Bertz CT molecular complexity index is 1240. The molecule has 11 heteroatoms. The van der Waals surface area contributed by atoms with Crippen LogP contribution in [0.2, 0.25) is 5.02 Å². The lowest BCUT2D eigenvalue weighted by Gasteiger charge is -2.02. The molecule has 0 aliphatic rings. The van der Waals surface area contributed by atoms with Crippen LogP contribution in [0, 0.1) is 0 Å². The minimum Gasteiger partial charge on any atom is -0.397 e. The van der Waals surface area contributed by atoms with E-state index in [1.54, 1.807) is 12.1 Å². The summed E-state index contributed by atoms with van der Waals surface area (Å²) in [7, 11) is 0. The molecule has 0 spiro atoms. The van der Waals surface area contributed by atoms with E-state index in [9.17, 15) is 9.59 Å². The minimum absolute atomic E-state index is 0.148. The molecule has 4 aromatic rings. The van der Waals surface area contributed by atoms with E-state index in [1.807, 2.05) is 24.3 Å². The number of aromatic nitrogens is 2. The maximum Gasteiger partial charge on any atom is 0.269 e. The molecule has 1 amide bonds. The third-order valence-electron chi connectivity index (χ3n) is 3.44. The zero-order chi connectivity index (χ0) is 20.4. The van der Waals surface area contributed by atoms with E-state index < -0.39 is 5.91 Å². The molecule has 0 bridgehead atoms. The molecule has 0 radical (unpaired) electrons. The number of anilines is 1. The summed E-state index contributed by atoms with van der Waals surface area (Å²) < 4.78 is 2.31. The number of halogens is 3. The molecule has 0 atom stereocenters. The van der Waals surface area contributed by atoms with Crippen molar-refractivity contribution in [2.75, 3.05) is 5.73 Å². The van der Waals surface area contributed by atoms with Crippen LogP contribution in [0.1, 0.15) is 9.67 Å². The van der Waals surface area contributed by atoms with Crippen molar-refractivity contribution < 1.29 is 4.79 Å². The molecule has 144 valence electrons. The number of benzene rings is 1. The van der Waals surface area contributed by atoms with E-state index in [0.717, 1.165) is 13.1 Å². The Kier molecular flexibility index (Phi) is 6.56. The first-order valence-electron chi connectivity index (χ1n) is 7.55. The summed E-state index contributed by atoms with van der Waals surface area (Å²) in [6.45, 7) is 0. The molecule has 1 aromatic carbocycles. The molecule has 6 nitrogen and oxygen atoms in total. The van der Waals surface area contributed by atoms with E-state index in [4.69, 9.17) is 23.1 Å². The Morgan fingerprint density at radius 3 is 2.39 bits per heavy atom. The van der Waals surface area contributed by atoms with Crippen molar-refractivity contribution in [2.24, 2.45) is 5.73 Å². The number of thiophene rings is 2. The molecule has 4 rings (SSSR count). The summed E-state index contributed by atoms with van der Waals surface area (Å²) in [5.74, 6) is 0.0107. The van der Waals surface area contributed by atoms with Crippen LogP contribution in [0.4, 0.5) is 5.69 Å². The predicted octanol–water partition coefficient (Wildman–Crippen LogP) is 5.26. The molecule has 28 heavy (non-hydrogen) atoms. The Balaban J connectivity index is 0.000000192. The van der Waals surface area contributed by atoms with Gasteiger partial charge in [-0.1, -0.05) is 23.7 Å². The summed E-state index contributed by atoms with van der Waals surface area (Å²) in [5.41, 5.74) is 12.1. The average Bonchev–Trinajstić information content (AvgIpc) is 3.17. The van der Waals surface area contributed by atoms with Crippen molar-refractivity contribution >= 4 is 87.9 Å². The molecule has 3 heterocycles. The maximum atomic E-state index is 11.9. The Morgan fingerprint density at radius 2 is 1.82 bits per heavy atom. The zero-order valence-electron chi connectivity index (χ0n) is 13.8. The van der Waals surface area contributed by atoms with Crippen LogP contribution in [-0.2, 0) is 0 Å². The van der Waals surface area contributed by atoms with E-state index in [2.05, 4.69) is 41.8 Å². The molecule has 0 saturated carbocycles. The SMILES string of the molecule is NC(=O)c1sc(Br)cc1N.O=c1[nH]c(-c2ccccc2Cl)nc2cc(Br)sc12. The highest BCUT2D eigenvalue weighted by Gasteiger charge is 2.11. The summed E-state index contributed by atoms with van der Waals surface area (Å²) >= 11 is 15.2. The number of hydrogen-bond donors (Lipinski definition) is 3. The number of amides is 1. The first-order chi connectivity index (χ1) is 13.3. The second-order valence-corrected chi connectivity index (χ2v) is 10.6. The second kappa shape index (κ2) is 8.75. The van der Waals surface area contributed by atoms with E-state index >= 15 is 0 Å². The fourth-order valence-corrected chi connectivity index (χ4v) is 5.29. The Hall–Kier alpha value is -1.72. The van der Waals surface area contributed by atoms with Gasteiger partial charge in [0.2, 0.25) is 0 Å². The van der Waals surface area contributed by atoms with Crippen LogP contribution in [0.3, 0.4) is 0 Å². The monoisotopic (exact) mass is 560 g/mol. The van der Waals surface area contributed by atoms with Gasteiger partial charge in [-0.3, -0.25) is 9.59 Å². The number of primary amides is 1. The van der Waals surface area contributed by atoms with Crippen molar-refractivity contribution in [1.29, 1.82) is 0 Å². The van der Waals surface area contributed by atoms with E-state index in [1.165, 1.54) is 22.7 Å². The van der Waals surface area contributed by atoms with E-state index in [-0.39, 0.29) is 5.56 Å². The highest BCUT2D eigenvalue weighted by Crippen LogP contribution is 2.29. The lowest BCUT2D eigenvalue weighted by Crippen LogP contribution is -2.10. The van der Waals surface area contributed by atoms with Crippen molar-refractivity contribution in [2.45, 2.75) is 0 Å². The maximum absolute atomic E-state index is 11.9. The minimum atomic E-state index is -0.479. The van der Waals surface area contributed by atoms with Crippen LogP contribution in [0.15, 0.2) is 48.8 Å². The number of carbonyl (C=O) groups is 1. The number of nitrogens with two attached hydrogens (primary N) is 2. The van der Waals surface area contributed by atoms with Gasteiger partial charge >= 0.3 is 0 Å². The normalized spacial score (nSPS) is 10.5. The van der Waals surface area contributed by atoms with Crippen LogP contribution in [0.25, 0.3) is 21.6 Å². The van der Waals surface area contributed by atoms with Crippen molar-refractivity contribution in [1.82, 2.24) is 9.97 Å². The Morgan fingerprint density at radius 1 is 1.14 bits per heavy atom. The lowest BCUT2D eigenvalue weighted by atomic mass is 10.2. The lowest BCUT2D eigenvalue weighted by molar-refractivity contribution is 0.100. The van der Waals surface area contributed by atoms with Crippen molar-refractivity contribution in [3.05, 3.63) is 64.2 Å². The van der Waals surface area contributed by atoms with Gasteiger partial charge in [-0.25, -0.2) is 4.98 Å². The molecule has 0 fully saturated rings. The fraction of sp³-hybridized carbons (Fsp3) is 0. The molecule has 0 aliphatic heterocycles. The van der Waals surface area contributed by atoms with Gasteiger partial charge in [-0.05, 0) is 56.1 Å². The number of aromatic amines is 1. The first kappa shape index (κ1) is 21.0. The van der Waals surface area contributed by atoms with Crippen LogP contribution in [-0.4, -0.2) is 15.9 Å². The number of rotatable bonds is 2. The van der Waals surface area contributed by atoms with Gasteiger partial charge in [0.15, 0.2) is 0 Å². The molecule has 0 saturated heterocycles. The highest BCUT2D eigenvalue weighted by atomic mass is 79.9. The summed E-state index contributed by atoms with van der Waals surface area (Å²) in [6.07, 6.45) is 0.